The fourth-order valence-corrected chi connectivity index (χ4v) is 2.64. The summed E-state index contributed by atoms with van der Waals surface area (Å²) in [6.45, 7) is 0. The van der Waals surface area contributed by atoms with Gasteiger partial charge in [-0.2, -0.15) is 0 Å². The number of aldehydes is 1. The number of benzene rings is 1. The van der Waals surface area contributed by atoms with Crippen molar-refractivity contribution in [3.63, 3.8) is 0 Å². The number of thiophene rings is 1. The van der Waals surface area contributed by atoms with Crippen LogP contribution in [0.1, 0.15) is 15.2 Å². The lowest BCUT2D eigenvalue weighted by molar-refractivity contribution is 0.112. The van der Waals surface area contributed by atoms with E-state index in [1.165, 1.54) is 11.3 Å². The van der Waals surface area contributed by atoms with Crippen LogP contribution in [0.25, 0.3) is 0 Å². The SMILES string of the molecule is NC1=Nc2ccccc2Nc2sc(C=O)cc21. The van der Waals surface area contributed by atoms with Gasteiger partial charge in [0.25, 0.3) is 0 Å². The molecule has 1 aliphatic heterocycles. The van der Waals surface area contributed by atoms with Crippen LogP contribution >= 0.6 is 11.3 Å². The summed E-state index contributed by atoms with van der Waals surface area (Å²) in [7, 11) is 0. The molecule has 0 amide bonds. The van der Waals surface area contributed by atoms with Gasteiger partial charge in [0.05, 0.1) is 21.8 Å². The number of carbonyl (C=O) groups is 1. The monoisotopic (exact) mass is 243 g/mol. The van der Waals surface area contributed by atoms with Gasteiger partial charge in [0.1, 0.15) is 10.8 Å². The summed E-state index contributed by atoms with van der Waals surface area (Å²) >= 11 is 1.38. The molecular weight excluding hydrogens is 234 g/mol. The molecule has 2 heterocycles. The van der Waals surface area contributed by atoms with Gasteiger partial charge < -0.3 is 11.1 Å². The van der Waals surface area contributed by atoms with Crippen LogP contribution in [0.3, 0.4) is 0 Å². The molecule has 2 aromatic rings. The highest BCUT2D eigenvalue weighted by atomic mass is 32.1. The Kier molecular flexibility index (Phi) is 2.19. The Balaban J connectivity index is 2.21. The van der Waals surface area contributed by atoms with E-state index in [1.54, 1.807) is 6.07 Å². The van der Waals surface area contributed by atoms with E-state index >= 15 is 0 Å². The van der Waals surface area contributed by atoms with Crippen LogP contribution in [0.4, 0.5) is 16.4 Å². The molecule has 5 heteroatoms. The van der Waals surface area contributed by atoms with E-state index < -0.39 is 0 Å². The lowest BCUT2D eigenvalue weighted by atomic mass is 10.2. The smallest absolute Gasteiger partial charge is 0.160 e. The minimum Gasteiger partial charge on any atom is -0.383 e. The summed E-state index contributed by atoms with van der Waals surface area (Å²) < 4.78 is 0. The average Bonchev–Trinajstić information content (AvgIpc) is 2.69. The molecule has 84 valence electrons. The van der Waals surface area contributed by atoms with Crippen molar-refractivity contribution < 1.29 is 4.79 Å². The molecule has 0 unspecified atom stereocenters. The van der Waals surface area contributed by atoms with E-state index in [2.05, 4.69) is 10.3 Å². The maximum Gasteiger partial charge on any atom is 0.160 e. The number of hydrogen-bond acceptors (Lipinski definition) is 5. The molecule has 0 spiro atoms. The van der Waals surface area contributed by atoms with Gasteiger partial charge >= 0.3 is 0 Å². The van der Waals surface area contributed by atoms with Crippen molar-refractivity contribution in [2.24, 2.45) is 10.7 Å². The van der Waals surface area contributed by atoms with Crippen LogP contribution in [0.15, 0.2) is 35.3 Å². The number of hydrogen-bond donors (Lipinski definition) is 2. The molecule has 0 atom stereocenters. The number of rotatable bonds is 1. The first-order valence-electron chi connectivity index (χ1n) is 5.07. The molecule has 3 N–H and O–H groups in total. The lowest BCUT2D eigenvalue weighted by Gasteiger charge is -2.04. The van der Waals surface area contributed by atoms with Crippen molar-refractivity contribution in [2.75, 3.05) is 5.32 Å². The van der Waals surface area contributed by atoms with Crippen molar-refractivity contribution in [3.05, 3.63) is 40.8 Å². The van der Waals surface area contributed by atoms with E-state index in [9.17, 15) is 4.79 Å². The second kappa shape index (κ2) is 3.71. The van der Waals surface area contributed by atoms with Gasteiger partial charge in [-0.1, -0.05) is 12.1 Å². The van der Waals surface area contributed by atoms with Crippen LogP contribution in [0, 0.1) is 0 Å². The van der Waals surface area contributed by atoms with Crippen molar-refractivity contribution in [1.29, 1.82) is 0 Å². The number of nitrogens with one attached hydrogen (secondary N) is 1. The number of carbonyl (C=O) groups excluding carboxylic acids is 1. The zero-order valence-electron chi connectivity index (χ0n) is 8.81. The van der Waals surface area contributed by atoms with Crippen molar-refractivity contribution >= 4 is 39.8 Å². The van der Waals surface area contributed by atoms with E-state index in [0.717, 1.165) is 28.2 Å². The number of fused-ring (bicyclic) bond motifs is 2. The van der Waals surface area contributed by atoms with E-state index in [0.29, 0.717) is 10.7 Å². The molecule has 0 fully saturated rings. The third-order valence-electron chi connectivity index (χ3n) is 2.54. The van der Waals surface area contributed by atoms with Crippen molar-refractivity contribution in [2.45, 2.75) is 0 Å². The summed E-state index contributed by atoms with van der Waals surface area (Å²) in [5.74, 6) is 0.432. The molecule has 0 saturated carbocycles. The normalized spacial score (nSPS) is 12.8. The Morgan fingerprint density at radius 3 is 3.00 bits per heavy atom. The molecular formula is C12H9N3OS. The molecule has 1 aromatic heterocycles. The molecule has 0 aliphatic carbocycles. The molecule has 1 aromatic carbocycles. The van der Waals surface area contributed by atoms with E-state index in [4.69, 9.17) is 5.73 Å². The summed E-state index contributed by atoms with van der Waals surface area (Å²) in [6.07, 6.45) is 0.820. The number of nitrogens with two attached hydrogens (primary N) is 1. The second-order valence-corrected chi connectivity index (χ2v) is 4.73. The highest BCUT2D eigenvalue weighted by Gasteiger charge is 2.17. The quantitative estimate of drug-likeness (QED) is 0.756. The van der Waals surface area contributed by atoms with E-state index in [-0.39, 0.29) is 0 Å². The van der Waals surface area contributed by atoms with Gasteiger partial charge in [0.15, 0.2) is 6.29 Å². The van der Waals surface area contributed by atoms with Gasteiger partial charge in [-0.05, 0) is 18.2 Å². The van der Waals surface area contributed by atoms with Gasteiger partial charge in [-0.3, -0.25) is 4.79 Å². The van der Waals surface area contributed by atoms with Gasteiger partial charge in [0, 0.05) is 0 Å². The molecule has 0 bridgehead atoms. The summed E-state index contributed by atoms with van der Waals surface area (Å²) in [5, 5.41) is 4.11. The lowest BCUT2D eigenvalue weighted by Crippen LogP contribution is -2.11. The zero-order valence-corrected chi connectivity index (χ0v) is 9.62. The van der Waals surface area contributed by atoms with Crippen LogP contribution in [-0.4, -0.2) is 12.1 Å². The second-order valence-electron chi connectivity index (χ2n) is 3.65. The van der Waals surface area contributed by atoms with Crippen LogP contribution < -0.4 is 11.1 Å². The van der Waals surface area contributed by atoms with E-state index in [1.807, 2.05) is 24.3 Å². The third kappa shape index (κ3) is 1.60. The summed E-state index contributed by atoms with van der Waals surface area (Å²) in [4.78, 5) is 15.8. The van der Waals surface area contributed by atoms with Gasteiger partial charge in [-0.25, -0.2) is 4.99 Å². The fraction of sp³-hybridized carbons (Fsp3) is 0. The highest BCUT2D eigenvalue weighted by Crippen LogP contribution is 2.37. The van der Waals surface area contributed by atoms with Crippen molar-refractivity contribution in [3.8, 4) is 0 Å². The minimum atomic E-state index is 0.432. The standard InChI is InChI=1S/C12H9N3OS/c13-11-8-5-7(6-16)17-12(8)15-10-4-2-1-3-9(10)14-11/h1-6,15H,(H2,13,14). The molecule has 17 heavy (non-hydrogen) atoms. The zero-order chi connectivity index (χ0) is 11.8. The Bertz CT molecular complexity index is 630. The summed E-state index contributed by atoms with van der Waals surface area (Å²) in [6, 6.07) is 9.42. The maximum atomic E-state index is 10.8. The Morgan fingerprint density at radius 2 is 2.18 bits per heavy atom. The summed E-state index contributed by atoms with van der Waals surface area (Å²) in [5.41, 5.74) is 8.42. The predicted octanol–water partition coefficient (Wildman–Crippen LogP) is 2.65. The molecule has 1 aliphatic rings. The molecule has 4 nitrogen and oxygen atoms in total. The first kappa shape index (κ1) is 10.0. The number of anilines is 2. The third-order valence-corrected chi connectivity index (χ3v) is 3.51. The number of nitrogens with zero attached hydrogens (tertiary/aromatic N) is 1. The predicted molar refractivity (Wildman–Crippen MR) is 69.8 cm³/mol. The number of amidine groups is 1. The molecule has 3 rings (SSSR count). The highest BCUT2D eigenvalue weighted by molar-refractivity contribution is 7.18. The number of aliphatic imine (C=N–C) groups is 1. The Hall–Kier alpha value is -2.14. The minimum absolute atomic E-state index is 0.432. The topological polar surface area (TPSA) is 67.5 Å². The van der Waals surface area contributed by atoms with Crippen LogP contribution in [-0.2, 0) is 0 Å². The maximum absolute atomic E-state index is 10.8. The van der Waals surface area contributed by atoms with Crippen LogP contribution in [0.5, 0.6) is 0 Å². The van der Waals surface area contributed by atoms with Crippen molar-refractivity contribution in [1.82, 2.24) is 0 Å². The Labute approximate surface area is 102 Å². The molecule has 0 radical (unpaired) electrons. The van der Waals surface area contributed by atoms with Crippen LogP contribution in [0.2, 0.25) is 0 Å². The average molecular weight is 243 g/mol. The first-order chi connectivity index (χ1) is 8.28. The van der Waals surface area contributed by atoms with Gasteiger partial charge in [0.2, 0.25) is 0 Å². The molecule has 0 saturated heterocycles. The fourth-order valence-electron chi connectivity index (χ4n) is 1.74. The Morgan fingerprint density at radius 1 is 1.35 bits per heavy atom. The first-order valence-corrected chi connectivity index (χ1v) is 5.89. The van der Waals surface area contributed by atoms with Gasteiger partial charge in [-0.15, -0.1) is 11.3 Å². The largest absolute Gasteiger partial charge is 0.383 e. The number of para-hydroxylation sites is 2.